The lowest BCUT2D eigenvalue weighted by Gasteiger charge is -2.23. The highest BCUT2D eigenvalue weighted by atomic mass is 79.9. The predicted octanol–water partition coefficient (Wildman–Crippen LogP) is 2.98. The molecule has 0 aliphatic carbocycles. The van der Waals surface area contributed by atoms with E-state index in [0.29, 0.717) is 17.3 Å². The molecule has 1 aromatic rings. The van der Waals surface area contributed by atoms with Crippen molar-refractivity contribution in [2.75, 3.05) is 13.1 Å². The zero-order chi connectivity index (χ0) is 15.8. The van der Waals surface area contributed by atoms with E-state index >= 15 is 0 Å². The average molecular weight is 397 g/mol. The van der Waals surface area contributed by atoms with Crippen molar-refractivity contribution < 1.29 is 18.3 Å². The smallest absolute Gasteiger partial charge is 0.311 e. The van der Waals surface area contributed by atoms with Crippen molar-refractivity contribution in [1.82, 2.24) is 4.31 Å². The fourth-order valence-electron chi connectivity index (χ4n) is 2.48. The van der Waals surface area contributed by atoms with Gasteiger partial charge in [-0.1, -0.05) is 34.5 Å². The summed E-state index contributed by atoms with van der Waals surface area (Å²) in [4.78, 5) is 11.4. The molecule has 0 aromatic heterocycles. The number of hydrogen-bond acceptors (Lipinski definition) is 3. The number of sulfonamides is 1. The molecule has 1 aliphatic heterocycles. The Kier molecular flexibility index (Phi) is 4.68. The van der Waals surface area contributed by atoms with Gasteiger partial charge in [-0.2, -0.15) is 4.31 Å². The maximum Gasteiger partial charge on any atom is 0.311 e. The molecule has 8 heteroatoms. The van der Waals surface area contributed by atoms with E-state index < -0.39 is 21.4 Å². The van der Waals surface area contributed by atoms with Crippen LogP contribution in [0.25, 0.3) is 0 Å². The quantitative estimate of drug-likeness (QED) is 0.849. The number of halogens is 2. The molecule has 0 radical (unpaired) electrons. The van der Waals surface area contributed by atoms with Crippen LogP contribution in [0.1, 0.15) is 19.8 Å². The Morgan fingerprint density at radius 1 is 1.52 bits per heavy atom. The number of aliphatic carboxylic acids is 1. The first-order chi connectivity index (χ1) is 9.73. The number of carboxylic acid groups (broad SMARTS) is 1. The minimum Gasteiger partial charge on any atom is -0.481 e. The molecule has 0 amide bonds. The summed E-state index contributed by atoms with van der Waals surface area (Å²) in [6.07, 6.45) is 0.703. The molecule has 1 heterocycles. The Morgan fingerprint density at radius 3 is 2.67 bits per heavy atom. The Hall–Kier alpha value is -0.630. The molecule has 0 bridgehead atoms. The molecule has 0 spiro atoms. The molecule has 116 valence electrons. The van der Waals surface area contributed by atoms with Crippen molar-refractivity contribution >= 4 is 43.5 Å². The van der Waals surface area contributed by atoms with Crippen molar-refractivity contribution in [1.29, 1.82) is 0 Å². The summed E-state index contributed by atoms with van der Waals surface area (Å²) < 4.78 is 27.1. The third-order valence-corrected chi connectivity index (χ3v) is 6.78. The molecule has 1 atom stereocenters. The number of carboxylic acids is 1. The number of nitrogens with zero attached hydrogens (tertiary/aromatic N) is 1. The van der Waals surface area contributed by atoms with Crippen LogP contribution in [0.4, 0.5) is 0 Å². The largest absolute Gasteiger partial charge is 0.481 e. The minimum atomic E-state index is -3.78. The van der Waals surface area contributed by atoms with Crippen LogP contribution in [-0.4, -0.2) is 36.9 Å². The summed E-state index contributed by atoms with van der Waals surface area (Å²) in [5.74, 6) is -0.954. The van der Waals surface area contributed by atoms with Gasteiger partial charge in [-0.25, -0.2) is 8.42 Å². The zero-order valence-corrected chi connectivity index (χ0v) is 14.5. The summed E-state index contributed by atoms with van der Waals surface area (Å²) in [6, 6.07) is 4.53. The van der Waals surface area contributed by atoms with Gasteiger partial charge in [0.15, 0.2) is 0 Å². The molecule has 1 fully saturated rings. The normalized spacial score (nSPS) is 23.4. The SMILES string of the molecule is CCC1(C(=O)O)CCN(S(=O)(=O)c2ccc(Br)cc2Cl)C1. The van der Waals surface area contributed by atoms with E-state index in [0.717, 1.165) is 0 Å². The topological polar surface area (TPSA) is 74.7 Å². The van der Waals surface area contributed by atoms with Crippen LogP contribution < -0.4 is 0 Å². The lowest BCUT2D eigenvalue weighted by molar-refractivity contribution is -0.148. The molecule has 1 aromatic carbocycles. The average Bonchev–Trinajstić information content (AvgIpc) is 2.84. The van der Waals surface area contributed by atoms with E-state index in [4.69, 9.17) is 11.6 Å². The summed E-state index contributed by atoms with van der Waals surface area (Å²) in [5, 5.41) is 9.47. The second-order valence-corrected chi connectivity index (χ2v) is 8.33. The summed E-state index contributed by atoms with van der Waals surface area (Å²) in [5.41, 5.74) is -1.01. The molecular weight excluding hydrogens is 382 g/mol. The van der Waals surface area contributed by atoms with Gasteiger partial charge in [-0.15, -0.1) is 0 Å². The van der Waals surface area contributed by atoms with Gasteiger partial charge in [-0.05, 0) is 31.0 Å². The van der Waals surface area contributed by atoms with Crippen molar-refractivity contribution in [3.8, 4) is 0 Å². The predicted molar refractivity (Wildman–Crippen MR) is 82.9 cm³/mol. The Balaban J connectivity index is 2.36. The van der Waals surface area contributed by atoms with Crippen LogP contribution in [0, 0.1) is 5.41 Å². The first kappa shape index (κ1) is 16.7. The van der Waals surface area contributed by atoms with Gasteiger partial charge in [0.05, 0.1) is 10.4 Å². The Bertz CT molecular complexity index is 679. The maximum absolute atomic E-state index is 12.6. The minimum absolute atomic E-state index is 0.00431. The van der Waals surface area contributed by atoms with Gasteiger partial charge in [0.2, 0.25) is 10.0 Å². The second kappa shape index (κ2) is 5.87. The molecule has 21 heavy (non-hydrogen) atoms. The maximum atomic E-state index is 12.6. The molecule has 2 rings (SSSR count). The van der Waals surface area contributed by atoms with Crippen molar-refractivity contribution in [3.63, 3.8) is 0 Å². The van der Waals surface area contributed by atoms with Gasteiger partial charge in [0, 0.05) is 17.6 Å². The van der Waals surface area contributed by atoms with E-state index in [2.05, 4.69) is 15.9 Å². The third kappa shape index (κ3) is 2.97. The van der Waals surface area contributed by atoms with Gasteiger partial charge in [0.1, 0.15) is 4.90 Å². The fraction of sp³-hybridized carbons (Fsp3) is 0.462. The van der Waals surface area contributed by atoms with Crippen LogP contribution in [0.3, 0.4) is 0 Å². The number of rotatable bonds is 4. The van der Waals surface area contributed by atoms with Gasteiger partial charge >= 0.3 is 5.97 Å². The first-order valence-electron chi connectivity index (χ1n) is 6.41. The van der Waals surface area contributed by atoms with Crippen molar-refractivity contribution in [3.05, 3.63) is 27.7 Å². The van der Waals surface area contributed by atoms with Crippen LogP contribution in [0.5, 0.6) is 0 Å². The highest BCUT2D eigenvalue weighted by Crippen LogP contribution is 2.38. The highest BCUT2D eigenvalue weighted by Gasteiger charge is 2.47. The van der Waals surface area contributed by atoms with Gasteiger partial charge in [0.25, 0.3) is 0 Å². The standard InChI is InChI=1S/C13H15BrClNO4S/c1-2-13(12(17)18)5-6-16(8-13)21(19,20)11-4-3-9(14)7-10(11)15/h3-4,7H,2,5-6,8H2,1H3,(H,17,18). The molecule has 5 nitrogen and oxygen atoms in total. The summed E-state index contributed by atoms with van der Waals surface area (Å²) >= 11 is 9.23. The lowest BCUT2D eigenvalue weighted by atomic mass is 9.85. The van der Waals surface area contributed by atoms with Crippen LogP contribution in [0.15, 0.2) is 27.6 Å². The zero-order valence-electron chi connectivity index (χ0n) is 11.3. The molecule has 1 unspecified atom stereocenters. The third-order valence-electron chi connectivity index (χ3n) is 3.96. The van der Waals surface area contributed by atoms with E-state index in [1.165, 1.54) is 16.4 Å². The summed E-state index contributed by atoms with van der Waals surface area (Å²) in [6.45, 7) is 1.93. The second-order valence-electron chi connectivity index (χ2n) is 5.10. The van der Waals surface area contributed by atoms with Crippen molar-refractivity contribution in [2.45, 2.75) is 24.7 Å². The van der Waals surface area contributed by atoms with Crippen molar-refractivity contribution in [2.24, 2.45) is 5.41 Å². The molecule has 0 saturated carbocycles. The monoisotopic (exact) mass is 395 g/mol. The van der Waals surface area contributed by atoms with E-state index in [1.54, 1.807) is 13.0 Å². The van der Waals surface area contributed by atoms with E-state index in [1.807, 2.05) is 0 Å². The Morgan fingerprint density at radius 2 is 2.19 bits per heavy atom. The summed E-state index contributed by atoms with van der Waals surface area (Å²) in [7, 11) is -3.78. The molecule has 1 N–H and O–H groups in total. The van der Waals surface area contributed by atoms with Gasteiger partial charge in [-0.3, -0.25) is 4.79 Å². The van der Waals surface area contributed by atoms with Gasteiger partial charge < -0.3 is 5.11 Å². The molecular formula is C13H15BrClNO4S. The highest BCUT2D eigenvalue weighted by molar-refractivity contribution is 9.10. The number of benzene rings is 1. The number of carbonyl (C=O) groups is 1. The lowest BCUT2D eigenvalue weighted by Crippen LogP contribution is -2.36. The first-order valence-corrected chi connectivity index (χ1v) is 9.03. The fourth-order valence-corrected chi connectivity index (χ4v) is 5.02. The van der Waals surface area contributed by atoms with E-state index in [-0.39, 0.29) is 23.0 Å². The van der Waals surface area contributed by atoms with Crippen LogP contribution >= 0.6 is 27.5 Å². The number of hydrogen-bond donors (Lipinski definition) is 1. The van der Waals surface area contributed by atoms with Crippen LogP contribution in [0.2, 0.25) is 5.02 Å². The van der Waals surface area contributed by atoms with Crippen LogP contribution in [-0.2, 0) is 14.8 Å². The Labute approximate surface area is 137 Å². The molecule has 1 saturated heterocycles. The van der Waals surface area contributed by atoms with E-state index in [9.17, 15) is 18.3 Å². The molecule has 1 aliphatic rings.